The zero-order valence-electron chi connectivity index (χ0n) is 15.2. The molecule has 1 fully saturated rings. The number of rotatable bonds is 6. The van der Waals surface area contributed by atoms with Gasteiger partial charge in [0.2, 0.25) is 0 Å². The summed E-state index contributed by atoms with van der Waals surface area (Å²) in [5, 5.41) is 12.3. The van der Waals surface area contributed by atoms with Crippen LogP contribution < -0.4 is 5.32 Å². The van der Waals surface area contributed by atoms with Gasteiger partial charge in [-0.3, -0.25) is 0 Å². The summed E-state index contributed by atoms with van der Waals surface area (Å²) in [6.07, 6.45) is 2.36. The van der Waals surface area contributed by atoms with Crippen molar-refractivity contribution in [2.45, 2.75) is 44.6 Å². The van der Waals surface area contributed by atoms with Crippen LogP contribution in [0, 0.1) is 0 Å². The Morgan fingerprint density at radius 3 is 2.52 bits per heavy atom. The van der Waals surface area contributed by atoms with Gasteiger partial charge in [-0.1, -0.05) is 25.1 Å². The zero-order valence-corrected chi connectivity index (χ0v) is 15.2. The third kappa shape index (κ3) is 4.72. The summed E-state index contributed by atoms with van der Waals surface area (Å²) in [5.41, 5.74) is 0.881. The van der Waals surface area contributed by atoms with E-state index in [1.54, 1.807) is 24.1 Å². The molecule has 1 aromatic carbocycles. The largest absolute Gasteiger partial charge is 0.478 e. The Morgan fingerprint density at radius 2 is 1.96 bits per heavy atom. The highest BCUT2D eigenvalue weighted by Crippen LogP contribution is 2.30. The summed E-state index contributed by atoms with van der Waals surface area (Å²) in [5.74, 6) is -0.717. The first-order valence-corrected chi connectivity index (χ1v) is 8.80. The fourth-order valence-corrected chi connectivity index (χ4v) is 3.16. The number of piperidine rings is 1. The Balaban J connectivity index is 1.92. The number of benzene rings is 1. The maximum Gasteiger partial charge on any atom is 0.335 e. The minimum atomic E-state index is -0.894. The molecule has 1 aliphatic rings. The lowest BCUT2D eigenvalue weighted by atomic mass is 9.86. The van der Waals surface area contributed by atoms with Gasteiger partial charge in [0, 0.05) is 26.7 Å². The number of nitrogens with zero attached hydrogens (tertiary/aromatic N) is 1. The van der Waals surface area contributed by atoms with E-state index in [4.69, 9.17) is 4.74 Å². The number of ether oxygens (including phenoxy) is 1. The SMILES string of the molecule is CCC(C)(CNC(=O)N1CCC(c2ccccc2C(=O)O)CC1)OC. The van der Waals surface area contributed by atoms with Crippen molar-refractivity contribution in [2.24, 2.45) is 0 Å². The number of likely N-dealkylation sites (tertiary alicyclic amines) is 1. The van der Waals surface area contributed by atoms with Crippen LogP contribution in [0.25, 0.3) is 0 Å². The molecule has 0 spiro atoms. The first-order valence-electron chi connectivity index (χ1n) is 8.80. The normalized spacial score (nSPS) is 17.8. The second-order valence-electron chi connectivity index (χ2n) is 6.82. The molecule has 138 valence electrons. The average Bonchev–Trinajstić information content (AvgIpc) is 2.66. The molecule has 0 aromatic heterocycles. The Labute approximate surface area is 149 Å². The monoisotopic (exact) mass is 348 g/mol. The first-order chi connectivity index (χ1) is 11.9. The van der Waals surface area contributed by atoms with Gasteiger partial charge < -0.3 is 20.1 Å². The highest BCUT2D eigenvalue weighted by molar-refractivity contribution is 5.89. The number of urea groups is 1. The number of hydrogen-bond acceptors (Lipinski definition) is 3. The molecule has 1 atom stereocenters. The van der Waals surface area contributed by atoms with Crippen molar-refractivity contribution >= 4 is 12.0 Å². The Kier molecular flexibility index (Phi) is 6.42. The number of carbonyl (C=O) groups is 2. The molecule has 1 saturated heterocycles. The van der Waals surface area contributed by atoms with Crippen molar-refractivity contribution in [3.63, 3.8) is 0 Å². The molecule has 2 N–H and O–H groups in total. The van der Waals surface area contributed by atoms with Crippen LogP contribution in [0.15, 0.2) is 24.3 Å². The second-order valence-corrected chi connectivity index (χ2v) is 6.82. The molecule has 6 nitrogen and oxygen atoms in total. The van der Waals surface area contributed by atoms with Crippen molar-refractivity contribution < 1.29 is 19.4 Å². The highest BCUT2D eigenvalue weighted by atomic mass is 16.5. The van der Waals surface area contributed by atoms with Gasteiger partial charge >= 0.3 is 12.0 Å². The molecule has 1 aliphatic heterocycles. The number of amides is 2. The smallest absolute Gasteiger partial charge is 0.335 e. The van der Waals surface area contributed by atoms with E-state index >= 15 is 0 Å². The summed E-state index contributed by atoms with van der Waals surface area (Å²) in [6.45, 7) is 5.73. The van der Waals surface area contributed by atoms with Crippen molar-refractivity contribution in [3.8, 4) is 0 Å². The molecule has 0 aliphatic carbocycles. The molecule has 0 saturated carbocycles. The molecule has 2 amide bonds. The van der Waals surface area contributed by atoms with Crippen LogP contribution in [0.2, 0.25) is 0 Å². The summed E-state index contributed by atoms with van der Waals surface area (Å²) < 4.78 is 5.45. The number of aromatic carboxylic acids is 1. The molecular weight excluding hydrogens is 320 g/mol. The van der Waals surface area contributed by atoms with Crippen molar-refractivity contribution in [1.82, 2.24) is 10.2 Å². The summed E-state index contributed by atoms with van der Waals surface area (Å²) in [4.78, 5) is 25.5. The number of carboxylic acid groups (broad SMARTS) is 1. The standard InChI is InChI=1S/C19H28N2O4/c1-4-19(2,25-3)13-20-18(24)21-11-9-14(10-12-21)15-7-5-6-8-16(15)17(22)23/h5-8,14H,4,9-13H2,1-3H3,(H,20,24)(H,22,23). The first kappa shape index (κ1) is 19.2. The lowest BCUT2D eigenvalue weighted by Gasteiger charge is -2.34. The summed E-state index contributed by atoms with van der Waals surface area (Å²) in [7, 11) is 1.65. The molecule has 1 heterocycles. The molecule has 2 rings (SSSR count). The van der Waals surface area contributed by atoms with Gasteiger partial charge in [0.15, 0.2) is 0 Å². The van der Waals surface area contributed by atoms with Crippen molar-refractivity contribution in [2.75, 3.05) is 26.7 Å². The second kappa shape index (κ2) is 8.34. The number of methoxy groups -OCH3 is 1. The van der Waals surface area contributed by atoms with E-state index in [1.807, 2.05) is 26.0 Å². The number of carboxylic acids is 1. The van der Waals surface area contributed by atoms with Gasteiger partial charge in [0.1, 0.15) is 0 Å². The molecule has 1 unspecified atom stereocenters. The lowest BCUT2D eigenvalue weighted by molar-refractivity contribution is 0.00475. The maximum atomic E-state index is 12.4. The average molecular weight is 348 g/mol. The van der Waals surface area contributed by atoms with Gasteiger partial charge in [-0.2, -0.15) is 0 Å². The third-order valence-corrected chi connectivity index (χ3v) is 5.27. The van der Waals surface area contributed by atoms with Gasteiger partial charge in [0.05, 0.1) is 11.2 Å². The van der Waals surface area contributed by atoms with E-state index in [-0.39, 0.29) is 17.6 Å². The molecule has 0 radical (unpaired) electrons. The third-order valence-electron chi connectivity index (χ3n) is 5.27. The minimum Gasteiger partial charge on any atom is -0.478 e. The van der Waals surface area contributed by atoms with Gasteiger partial charge in [-0.15, -0.1) is 0 Å². The quantitative estimate of drug-likeness (QED) is 0.828. The molecule has 25 heavy (non-hydrogen) atoms. The van der Waals surface area contributed by atoms with Crippen LogP contribution in [-0.4, -0.2) is 54.4 Å². The van der Waals surface area contributed by atoms with Crippen LogP contribution in [0.4, 0.5) is 4.79 Å². The molecule has 1 aromatic rings. The summed E-state index contributed by atoms with van der Waals surface area (Å²) >= 11 is 0. The van der Waals surface area contributed by atoms with E-state index in [0.29, 0.717) is 25.2 Å². The zero-order chi connectivity index (χ0) is 18.4. The Hall–Kier alpha value is -2.08. The van der Waals surface area contributed by atoms with E-state index in [2.05, 4.69) is 5.32 Å². The topological polar surface area (TPSA) is 78.9 Å². The fourth-order valence-electron chi connectivity index (χ4n) is 3.16. The van der Waals surface area contributed by atoms with Crippen LogP contribution >= 0.6 is 0 Å². The molecule has 0 bridgehead atoms. The molecular formula is C19H28N2O4. The van der Waals surface area contributed by atoms with Crippen LogP contribution in [-0.2, 0) is 4.74 Å². The maximum absolute atomic E-state index is 12.4. The number of nitrogens with one attached hydrogen (secondary N) is 1. The lowest BCUT2D eigenvalue weighted by Crippen LogP contribution is -2.49. The Morgan fingerprint density at radius 1 is 1.32 bits per heavy atom. The van der Waals surface area contributed by atoms with E-state index in [1.165, 1.54) is 0 Å². The van der Waals surface area contributed by atoms with E-state index in [0.717, 1.165) is 24.8 Å². The number of hydrogen-bond donors (Lipinski definition) is 2. The van der Waals surface area contributed by atoms with Gasteiger partial charge in [0.25, 0.3) is 0 Å². The Bertz CT molecular complexity index is 605. The predicted octanol–water partition coefficient (Wildman–Crippen LogP) is 3.09. The minimum absolute atomic E-state index is 0.0818. The highest BCUT2D eigenvalue weighted by Gasteiger charge is 2.28. The van der Waals surface area contributed by atoms with Crippen molar-refractivity contribution in [3.05, 3.63) is 35.4 Å². The fraction of sp³-hybridized carbons (Fsp3) is 0.579. The van der Waals surface area contributed by atoms with Crippen LogP contribution in [0.3, 0.4) is 0 Å². The van der Waals surface area contributed by atoms with Gasteiger partial charge in [-0.25, -0.2) is 9.59 Å². The number of carbonyl (C=O) groups excluding carboxylic acids is 1. The van der Waals surface area contributed by atoms with E-state index in [9.17, 15) is 14.7 Å². The van der Waals surface area contributed by atoms with Crippen LogP contribution in [0.5, 0.6) is 0 Å². The van der Waals surface area contributed by atoms with Gasteiger partial charge in [-0.05, 0) is 43.7 Å². The van der Waals surface area contributed by atoms with E-state index < -0.39 is 5.97 Å². The van der Waals surface area contributed by atoms with Crippen molar-refractivity contribution in [1.29, 1.82) is 0 Å². The summed E-state index contributed by atoms with van der Waals surface area (Å²) in [6, 6.07) is 7.07. The predicted molar refractivity (Wildman–Crippen MR) is 96.1 cm³/mol. The molecule has 6 heteroatoms. The van der Waals surface area contributed by atoms with Crippen LogP contribution in [0.1, 0.15) is 54.9 Å².